The fourth-order valence-corrected chi connectivity index (χ4v) is 4.28. The van der Waals surface area contributed by atoms with Crippen LogP contribution in [0.2, 0.25) is 5.02 Å². The molecule has 0 N–H and O–H groups in total. The lowest BCUT2D eigenvalue weighted by atomic mass is 10.1. The number of sulfonamides is 1. The molecule has 0 saturated carbocycles. The second-order valence-electron chi connectivity index (χ2n) is 5.68. The summed E-state index contributed by atoms with van der Waals surface area (Å²) in [4.78, 5) is 18.0. The molecule has 0 aliphatic carbocycles. The van der Waals surface area contributed by atoms with Crippen molar-refractivity contribution in [2.24, 2.45) is 0 Å². The van der Waals surface area contributed by atoms with E-state index in [0.717, 1.165) is 6.07 Å². The third kappa shape index (κ3) is 4.09. The van der Waals surface area contributed by atoms with Crippen LogP contribution < -0.4 is 4.74 Å². The minimum Gasteiger partial charge on any atom is -0.459 e. The number of benzene rings is 1. The second kappa shape index (κ2) is 7.52. The molecule has 1 aliphatic heterocycles. The van der Waals surface area contributed by atoms with E-state index in [9.17, 15) is 18.5 Å². The van der Waals surface area contributed by atoms with Gasteiger partial charge in [0.05, 0.1) is 33.8 Å². The number of hydrogen-bond donors (Lipinski definition) is 0. The Labute approximate surface area is 154 Å². The van der Waals surface area contributed by atoms with Gasteiger partial charge in [-0.1, -0.05) is 17.7 Å². The molecule has 2 aromatic rings. The van der Waals surface area contributed by atoms with Gasteiger partial charge >= 0.3 is 6.01 Å². The van der Waals surface area contributed by atoms with Crippen molar-refractivity contribution in [2.45, 2.75) is 23.8 Å². The molecule has 11 heteroatoms. The first kappa shape index (κ1) is 18.5. The van der Waals surface area contributed by atoms with Crippen LogP contribution >= 0.6 is 11.6 Å². The molecule has 1 fully saturated rings. The summed E-state index contributed by atoms with van der Waals surface area (Å²) in [6.07, 6.45) is 3.60. The van der Waals surface area contributed by atoms with E-state index in [2.05, 4.69) is 9.97 Å². The van der Waals surface area contributed by atoms with Crippen molar-refractivity contribution in [1.29, 1.82) is 0 Å². The molecule has 0 radical (unpaired) electrons. The molecule has 0 amide bonds. The summed E-state index contributed by atoms with van der Waals surface area (Å²) in [5, 5.41) is 11.3. The molecule has 0 bridgehead atoms. The highest BCUT2D eigenvalue weighted by atomic mass is 35.5. The third-order valence-corrected chi connectivity index (χ3v) is 5.93. The zero-order valence-electron chi connectivity index (χ0n) is 13.5. The van der Waals surface area contributed by atoms with Crippen LogP contribution in [0.25, 0.3) is 0 Å². The summed E-state index contributed by atoms with van der Waals surface area (Å²) in [5.74, 6) is 0. The van der Waals surface area contributed by atoms with E-state index in [-0.39, 0.29) is 23.1 Å². The number of nitrogens with zero attached hydrogens (tertiary/aromatic N) is 4. The summed E-state index contributed by atoms with van der Waals surface area (Å²) in [6.45, 7) is 0.420. The summed E-state index contributed by atoms with van der Waals surface area (Å²) in [5.41, 5.74) is -0.273. The molecule has 1 atom stereocenters. The van der Waals surface area contributed by atoms with Crippen LogP contribution in [0.3, 0.4) is 0 Å². The van der Waals surface area contributed by atoms with Gasteiger partial charge in [0.1, 0.15) is 6.10 Å². The van der Waals surface area contributed by atoms with Gasteiger partial charge in [0, 0.05) is 18.7 Å². The highest BCUT2D eigenvalue weighted by Crippen LogP contribution is 2.25. The van der Waals surface area contributed by atoms with Crippen molar-refractivity contribution in [3.05, 3.63) is 51.8 Å². The summed E-state index contributed by atoms with van der Waals surface area (Å²) < 4.78 is 32.5. The Morgan fingerprint density at radius 1 is 1.31 bits per heavy atom. The molecule has 26 heavy (non-hydrogen) atoms. The Kier molecular flexibility index (Phi) is 5.35. The smallest absolute Gasteiger partial charge is 0.316 e. The van der Waals surface area contributed by atoms with Crippen LogP contribution in [-0.4, -0.2) is 46.8 Å². The lowest BCUT2D eigenvalue weighted by Crippen LogP contribution is -2.44. The number of rotatable bonds is 5. The first-order chi connectivity index (χ1) is 12.4. The number of non-ortho nitro benzene ring substituents is 1. The van der Waals surface area contributed by atoms with Gasteiger partial charge in [0.25, 0.3) is 5.69 Å². The molecule has 9 nitrogen and oxygen atoms in total. The minimum atomic E-state index is -3.86. The summed E-state index contributed by atoms with van der Waals surface area (Å²) in [7, 11) is -3.86. The Hall–Kier alpha value is -2.30. The average molecular weight is 399 g/mol. The van der Waals surface area contributed by atoms with Crippen LogP contribution in [0, 0.1) is 10.1 Å². The number of hydrogen-bond acceptors (Lipinski definition) is 7. The number of aromatic nitrogens is 2. The first-order valence-electron chi connectivity index (χ1n) is 7.75. The molecule has 1 aliphatic rings. The van der Waals surface area contributed by atoms with Crippen LogP contribution in [0.4, 0.5) is 5.69 Å². The predicted molar refractivity (Wildman–Crippen MR) is 92.5 cm³/mol. The van der Waals surface area contributed by atoms with E-state index in [4.69, 9.17) is 16.3 Å². The van der Waals surface area contributed by atoms with Gasteiger partial charge in [-0.05, 0) is 18.9 Å². The SMILES string of the molecule is O=[N+]([O-])c1cccc(S(=O)(=O)N2CCCC(Oc3ncc(Cl)cn3)C2)c1. The lowest BCUT2D eigenvalue weighted by molar-refractivity contribution is -0.385. The van der Waals surface area contributed by atoms with Crippen molar-refractivity contribution in [1.82, 2.24) is 14.3 Å². The third-order valence-electron chi connectivity index (χ3n) is 3.88. The molecule has 1 saturated heterocycles. The first-order valence-corrected chi connectivity index (χ1v) is 9.57. The molecule has 0 spiro atoms. The van der Waals surface area contributed by atoms with Crippen LogP contribution in [0.1, 0.15) is 12.8 Å². The van der Waals surface area contributed by atoms with Gasteiger partial charge < -0.3 is 4.74 Å². The van der Waals surface area contributed by atoms with Gasteiger partial charge in [-0.3, -0.25) is 10.1 Å². The van der Waals surface area contributed by atoms with Gasteiger partial charge in [-0.15, -0.1) is 0 Å². The Bertz CT molecular complexity index is 907. The average Bonchev–Trinajstić information content (AvgIpc) is 2.64. The fraction of sp³-hybridized carbons (Fsp3) is 0.333. The van der Waals surface area contributed by atoms with Crippen molar-refractivity contribution in [3.63, 3.8) is 0 Å². The monoisotopic (exact) mass is 398 g/mol. The summed E-state index contributed by atoms with van der Waals surface area (Å²) >= 11 is 5.72. The minimum absolute atomic E-state index is 0.108. The fourth-order valence-electron chi connectivity index (χ4n) is 2.64. The highest BCUT2D eigenvalue weighted by molar-refractivity contribution is 7.89. The molecular formula is C15H15ClN4O5S. The quantitative estimate of drug-likeness (QED) is 0.560. The van der Waals surface area contributed by atoms with Gasteiger partial charge in [-0.2, -0.15) is 4.31 Å². The normalized spacial score (nSPS) is 18.4. The molecule has 2 heterocycles. The maximum Gasteiger partial charge on any atom is 0.316 e. The second-order valence-corrected chi connectivity index (χ2v) is 8.06. The van der Waals surface area contributed by atoms with Crippen molar-refractivity contribution in [2.75, 3.05) is 13.1 Å². The number of halogens is 1. The molecule has 138 valence electrons. The van der Waals surface area contributed by atoms with Crippen LogP contribution in [0.15, 0.2) is 41.6 Å². The van der Waals surface area contributed by atoms with E-state index in [1.807, 2.05) is 0 Å². The molecule has 1 aromatic carbocycles. The van der Waals surface area contributed by atoms with E-state index in [1.54, 1.807) is 0 Å². The zero-order chi connectivity index (χ0) is 18.7. The predicted octanol–water partition coefficient (Wildman–Crippen LogP) is 2.27. The number of nitro benzene ring substituents is 1. The summed E-state index contributed by atoms with van der Waals surface area (Å²) in [6, 6.07) is 5.12. The van der Waals surface area contributed by atoms with E-state index in [0.29, 0.717) is 24.4 Å². The van der Waals surface area contributed by atoms with Gasteiger partial charge in [0.2, 0.25) is 10.0 Å². The maximum absolute atomic E-state index is 12.8. The Morgan fingerprint density at radius 3 is 2.73 bits per heavy atom. The van der Waals surface area contributed by atoms with Gasteiger partial charge in [-0.25, -0.2) is 18.4 Å². The van der Waals surface area contributed by atoms with Crippen LogP contribution in [-0.2, 0) is 10.0 Å². The van der Waals surface area contributed by atoms with Crippen molar-refractivity contribution < 1.29 is 18.1 Å². The highest BCUT2D eigenvalue weighted by Gasteiger charge is 2.32. The Balaban J connectivity index is 1.76. The molecule has 3 rings (SSSR count). The van der Waals surface area contributed by atoms with Crippen molar-refractivity contribution in [3.8, 4) is 6.01 Å². The maximum atomic E-state index is 12.8. The number of nitro groups is 1. The zero-order valence-corrected chi connectivity index (χ0v) is 15.1. The van der Waals surface area contributed by atoms with E-state index in [1.165, 1.54) is 34.9 Å². The van der Waals surface area contributed by atoms with E-state index >= 15 is 0 Å². The van der Waals surface area contributed by atoms with E-state index < -0.39 is 21.1 Å². The topological polar surface area (TPSA) is 116 Å². The lowest BCUT2D eigenvalue weighted by Gasteiger charge is -2.31. The Morgan fingerprint density at radius 2 is 2.04 bits per heavy atom. The molecule has 1 unspecified atom stereocenters. The molecule has 1 aromatic heterocycles. The van der Waals surface area contributed by atoms with Crippen molar-refractivity contribution >= 4 is 27.3 Å². The largest absolute Gasteiger partial charge is 0.459 e. The molecular weight excluding hydrogens is 384 g/mol. The number of ether oxygens (including phenoxy) is 1. The van der Waals surface area contributed by atoms with Gasteiger partial charge in [0.15, 0.2) is 0 Å². The van der Waals surface area contributed by atoms with Crippen LogP contribution in [0.5, 0.6) is 6.01 Å². The standard InChI is InChI=1S/C15H15ClN4O5S/c16-11-8-17-15(18-9-11)25-13-4-2-6-19(10-13)26(23,24)14-5-1-3-12(7-14)20(21)22/h1,3,5,7-9,13H,2,4,6,10H2. The number of piperidine rings is 1.